The molecule has 0 unspecified atom stereocenters. The highest BCUT2D eigenvalue weighted by atomic mass is 16.5. The summed E-state index contributed by atoms with van der Waals surface area (Å²) < 4.78 is 6.32. The third kappa shape index (κ3) is 2.64. The number of rotatable bonds is 5. The van der Waals surface area contributed by atoms with Crippen LogP contribution >= 0.6 is 0 Å². The molecule has 2 heterocycles. The number of methoxy groups -OCH3 is 1. The van der Waals surface area contributed by atoms with E-state index in [1.807, 2.05) is 0 Å². The lowest BCUT2D eigenvalue weighted by Crippen LogP contribution is -2.48. The number of nitrogens with zero attached hydrogens (tertiary/aromatic N) is 4. The highest BCUT2D eigenvalue weighted by Gasteiger charge is 2.50. The summed E-state index contributed by atoms with van der Waals surface area (Å²) in [4.78, 5) is 32.9. The number of aromatic nitrogens is 4. The van der Waals surface area contributed by atoms with E-state index in [9.17, 15) is 14.7 Å². The maximum Gasteiger partial charge on any atom is 0.331 e. The summed E-state index contributed by atoms with van der Waals surface area (Å²) in [7, 11) is 1.21. The molecular weight excluding hydrogens is 338 g/mol. The van der Waals surface area contributed by atoms with Gasteiger partial charge in [0.15, 0.2) is 17.6 Å². The van der Waals surface area contributed by atoms with Crippen molar-refractivity contribution in [3.8, 4) is 5.82 Å². The van der Waals surface area contributed by atoms with Crippen LogP contribution in [-0.4, -0.2) is 56.0 Å². The van der Waals surface area contributed by atoms with Gasteiger partial charge in [-0.15, -0.1) is 0 Å². The van der Waals surface area contributed by atoms with E-state index in [1.165, 1.54) is 14.0 Å². The minimum atomic E-state index is -1.15. The van der Waals surface area contributed by atoms with Gasteiger partial charge in [0.1, 0.15) is 0 Å². The van der Waals surface area contributed by atoms with Crippen LogP contribution in [-0.2, 0) is 16.0 Å². The van der Waals surface area contributed by atoms with Crippen LogP contribution in [0.25, 0.3) is 5.82 Å². The lowest BCUT2D eigenvalue weighted by atomic mass is 10.1. The monoisotopic (exact) mass is 357 g/mol. The van der Waals surface area contributed by atoms with Crippen LogP contribution < -0.4 is 5.32 Å². The molecule has 0 aromatic carbocycles. The molecule has 1 amide bonds. The fraction of sp³-hybridized carbons (Fsp3) is 0.471. The number of hydrogen-bond acceptors (Lipinski definition) is 7. The second-order valence-electron chi connectivity index (χ2n) is 6.71. The zero-order valence-corrected chi connectivity index (χ0v) is 14.4. The number of esters is 1. The van der Waals surface area contributed by atoms with Crippen molar-refractivity contribution in [2.45, 2.75) is 37.8 Å². The standard InChI is InChI=1S/C17H19N5O4/c1-8(23)13(17(25)26-2)20-16(24)14-11-6-9-5-10(9)15(11)22(21-14)12-7-18-3-4-19-12/h3-4,7-10,13,23H,5-6H2,1-2H3,(H,20,24)/t8-,9+,10+,13-/m1/s1. The van der Waals surface area contributed by atoms with Gasteiger partial charge in [-0.2, -0.15) is 5.10 Å². The molecule has 9 heteroatoms. The fourth-order valence-electron chi connectivity index (χ4n) is 3.59. The van der Waals surface area contributed by atoms with E-state index in [4.69, 9.17) is 0 Å². The van der Waals surface area contributed by atoms with Crippen molar-refractivity contribution in [2.24, 2.45) is 5.92 Å². The van der Waals surface area contributed by atoms with Crippen LogP contribution in [0.3, 0.4) is 0 Å². The minimum absolute atomic E-state index is 0.257. The lowest BCUT2D eigenvalue weighted by molar-refractivity contribution is -0.145. The Morgan fingerprint density at radius 2 is 2.23 bits per heavy atom. The number of aliphatic hydroxyl groups is 1. The van der Waals surface area contributed by atoms with E-state index in [0.29, 0.717) is 17.7 Å². The maximum atomic E-state index is 12.8. The summed E-state index contributed by atoms with van der Waals surface area (Å²) in [6.07, 6.45) is 5.51. The third-order valence-corrected chi connectivity index (χ3v) is 4.97. The number of carbonyl (C=O) groups is 2. The lowest BCUT2D eigenvalue weighted by Gasteiger charge is -2.18. The maximum absolute atomic E-state index is 12.8. The summed E-state index contributed by atoms with van der Waals surface area (Å²) in [6, 6.07) is -1.15. The molecule has 1 fully saturated rings. The second-order valence-corrected chi connectivity index (χ2v) is 6.71. The van der Waals surface area contributed by atoms with Crippen LogP contribution in [0.4, 0.5) is 0 Å². The molecule has 1 saturated carbocycles. The zero-order valence-electron chi connectivity index (χ0n) is 14.4. The van der Waals surface area contributed by atoms with Crippen molar-refractivity contribution in [2.75, 3.05) is 7.11 Å². The summed E-state index contributed by atoms with van der Waals surface area (Å²) in [5.74, 6) is 0.248. The molecule has 0 radical (unpaired) electrons. The molecule has 2 aliphatic carbocycles. The van der Waals surface area contributed by atoms with Crippen molar-refractivity contribution >= 4 is 11.9 Å². The van der Waals surface area contributed by atoms with Crippen molar-refractivity contribution in [3.05, 3.63) is 35.5 Å². The fourth-order valence-corrected chi connectivity index (χ4v) is 3.59. The number of hydrogen-bond donors (Lipinski definition) is 2. The number of ether oxygens (including phenoxy) is 1. The number of aliphatic hydroxyl groups excluding tert-OH is 1. The molecule has 26 heavy (non-hydrogen) atoms. The Morgan fingerprint density at radius 3 is 2.88 bits per heavy atom. The predicted octanol–water partition coefficient (Wildman–Crippen LogP) is -0.0259. The quantitative estimate of drug-likeness (QED) is 0.721. The smallest absolute Gasteiger partial charge is 0.331 e. The Labute approximate surface area is 149 Å². The first kappa shape index (κ1) is 16.6. The molecule has 2 N–H and O–H groups in total. The van der Waals surface area contributed by atoms with E-state index in [0.717, 1.165) is 24.1 Å². The van der Waals surface area contributed by atoms with Crippen LogP contribution in [0.15, 0.2) is 18.6 Å². The highest BCUT2D eigenvalue weighted by Crippen LogP contribution is 2.57. The van der Waals surface area contributed by atoms with Gasteiger partial charge in [-0.3, -0.25) is 9.78 Å². The highest BCUT2D eigenvalue weighted by molar-refractivity contribution is 5.97. The van der Waals surface area contributed by atoms with Crippen molar-refractivity contribution in [1.82, 2.24) is 25.1 Å². The van der Waals surface area contributed by atoms with Crippen molar-refractivity contribution in [1.29, 1.82) is 0 Å². The number of carbonyl (C=O) groups excluding carboxylic acids is 2. The number of fused-ring (bicyclic) bond motifs is 3. The minimum Gasteiger partial charge on any atom is -0.467 e. The molecule has 4 atom stereocenters. The van der Waals surface area contributed by atoms with E-state index >= 15 is 0 Å². The normalized spacial score (nSPS) is 22.1. The van der Waals surface area contributed by atoms with Crippen LogP contribution in [0.2, 0.25) is 0 Å². The summed E-state index contributed by atoms with van der Waals surface area (Å²) in [5.41, 5.74) is 2.13. The molecule has 0 aliphatic heterocycles. The second kappa shape index (κ2) is 6.17. The van der Waals surface area contributed by atoms with Crippen LogP contribution in [0, 0.1) is 5.92 Å². The summed E-state index contributed by atoms with van der Waals surface area (Å²) in [6.45, 7) is 1.42. The molecule has 0 bridgehead atoms. The van der Waals surface area contributed by atoms with Crippen LogP contribution in [0.1, 0.15) is 41.0 Å². The SMILES string of the molecule is COC(=O)[C@H](NC(=O)c1nn(-c2cnccn2)c2c1C[C@@H]1C[C@H]21)[C@@H](C)O. The van der Waals surface area contributed by atoms with Gasteiger partial charge in [-0.25, -0.2) is 14.5 Å². The van der Waals surface area contributed by atoms with Gasteiger partial charge < -0.3 is 15.2 Å². The van der Waals surface area contributed by atoms with Gasteiger partial charge >= 0.3 is 5.97 Å². The largest absolute Gasteiger partial charge is 0.467 e. The number of nitrogens with one attached hydrogen (secondary N) is 1. The van der Waals surface area contributed by atoms with E-state index < -0.39 is 24.0 Å². The van der Waals surface area contributed by atoms with E-state index in [1.54, 1.807) is 23.3 Å². The molecule has 2 aromatic heterocycles. The van der Waals surface area contributed by atoms with Gasteiger partial charge in [-0.1, -0.05) is 0 Å². The average Bonchev–Trinajstić information content (AvgIpc) is 3.14. The molecule has 2 aliphatic rings. The molecule has 9 nitrogen and oxygen atoms in total. The van der Waals surface area contributed by atoms with Gasteiger partial charge in [0.25, 0.3) is 5.91 Å². The summed E-state index contributed by atoms with van der Waals surface area (Å²) in [5, 5.41) is 16.8. The Morgan fingerprint density at radius 1 is 1.42 bits per heavy atom. The average molecular weight is 357 g/mol. The Balaban J connectivity index is 1.68. The van der Waals surface area contributed by atoms with Gasteiger partial charge in [0, 0.05) is 23.9 Å². The Kier molecular flexibility index (Phi) is 3.95. The van der Waals surface area contributed by atoms with Gasteiger partial charge in [-0.05, 0) is 25.7 Å². The van der Waals surface area contributed by atoms with Crippen molar-refractivity contribution < 1.29 is 19.4 Å². The third-order valence-electron chi connectivity index (χ3n) is 4.97. The molecular formula is C17H19N5O4. The molecule has 4 rings (SSSR count). The molecule has 2 aromatic rings. The Hall–Kier alpha value is -2.81. The van der Waals surface area contributed by atoms with Crippen molar-refractivity contribution in [3.63, 3.8) is 0 Å². The first-order chi connectivity index (χ1) is 12.5. The van der Waals surface area contributed by atoms with E-state index in [2.05, 4.69) is 25.1 Å². The molecule has 0 spiro atoms. The zero-order chi connectivity index (χ0) is 18.4. The van der Waals surface area contributed by atoms with Crippen LogP contribution in [0.5, 0.6) is 0 Å². The van der Waals surface area contributed by atoms with E-state index in [-0.39, 0.29) is 5.69 Å². The van der Waals surface area contributed by atoms with Gasteiger partial charge in [0.05, 0.1) is 25.1 Å². The first-order valence-electron chi connectivity index (χ1n) is 8.46. The van der Waals surface area contributed by atoms with Gasteiger partial charge in [0.2, 0.25) is 0 Å². The summed E-state index contributed by atoms with van der Waals surface area (Å²) >= 11 is 0. The predicted molar refractivity (Wildman–Crippen MR) is 88.7 cm³/mol. The molecule has 136 valence electrons. The topological polar surface area (TPSA) is 119 Å². The Bertz CT molecular complexity index is 864. The first-order valence-corrected chi connectivity index (χ1v) is 8.46. The number of amides is 1. The molecule has 0 saturated heterocycles.